The number of nitrogens with two attached hydrogens (primary N) is 1. The van der Waals surface area contributed by atoms with E-state index in [0.29, 0.717) is 26.3 Å². The number of amides is 2. The number of rotatable bonds is 5. The van der Waals surface area contributed by atoms with Crippen LogP contribution in [0.3, 0.4) is 0 Å². The van der Waals surface area contributed by atoms with Gasteiger partial charge >= 0.3 is 12.4 Å². The number of carbonyl (C=O) groups is 2. The van der Waals surface area contributed by atoms with Crippen molar-refractivity contribution < 1.29 is 35.9 Å². The number of fused-ring (bicyclic) bond motifs is 2. The molecule has 0 aliphatic rings. The van der Waals surface area contributed by atoms with Gasteiger partial charge < -0.3 is 11.1 Å². The number of pyridine rings is 1. The molecular formula is C28H16F6N6O2S2. The molecule has 16 heteroatoms. The van der Waals surface area contributed by atoms with Crippen LogP contribution in [0, 0.1) is 6.92 Å². The lowest BCUT2D eigenvalue weighted by atomic mass is 10.00. The molecule has 5 heterocycles. The van der Waals surface area contributed by atoms with Crippen LogP contribution in [0.2, 0.25) is 0 Å². The summed E-state index contributed by atoms with van der Waals surface area (Å²) >= 11 is 1.71. The molecule has 0 saturated heterocycles. The molecule has 1 aromatic carbocycles. The maximum atomic E-state index is 14.0. The largest absolute Gasteiger partial charge is 0.433 e. The topological polar surface area (TPSA) is 115 Å². The van der Waals surface area contributed by atoms with Crippen LogP contribution in [0.5, 0.6) is 0 Å². The second-order valence-corrected chi connectivity index (χ2v) is 11.5. The summed E-state index contributed by atoms with van der Waals surface area (Å²) < 4.78 is 83.8. The summed E-state index contributed by atoms with van der Waals surface area (Å²) in [6.45, 7) is 1.78. The number of carbonyl (C=O) groups excluding carboxylic acids is 2. The van der Waals surface area contributed by atoms with Crippen molar-refractivity contribution in [1.29, 1.82) is 0 Å². The molecule has 6 aromatic rings. The fourth-order valence-electron chi connectivity index (χ4n) is 4.51. The highest BCUT2D eigenvalue weighted by Gasteiger charge is 2.37. The fraction of sp³-hybridized carbons (Fsp3) is 0.107. The Balaban J connectivity index is 1.51. The van der Waals surface area contributed by atoms with Crippen molar-refractivity contribution in [2.75, 3.05) is 5.32 Å². The zero-order valence-corrected chi connectivity index (χ0v) is 23.7. The van der Waals surface area contributed by atoms with Crippen LogP contribution in [0.15, 0.2) is 60.0 Å². The van der Waals surface area contributed by atoms with Crippen molar-refractivity contribution in [3.8, 4) is 21.7 Å². The molecule has 3 N–H and O–H groups in total. The predicted octanol–water partition coefficient (Wildman–Crippen LogP) is 7.43. The standard InChI is InChI=1S/C28H16F6N6O2S2/c1-12-4-6-13(7-5-12)14-9-18(27(29,30)31)37-26-21(14)22(23(44-26)24(35)41)38-25(42)16-11-20-36-15(17-3-2-8-43-17)10-19(28(32,33)34)40(20)39-16/h2-11H,1H3,(H2,35,41)(H,38,42). The molecule has 44 heavy (non-hydrogen) atoms. The molecule has 0 bridgehead atoms. The summed E-state index contributed by atoms with van der Waals surface area (Å²) in [7, 11) is 0. The maximum absolute atomic E-state index is 14.0. The van der Waals surface area contributed by atoms with E-state index >= 15 is 0 Å². The lowest BCUT2D eigenvalue weighted by Crippen LogP contribution is -2.18. The third-order valence-corrected chi connectivity index (χ3v) is 8.49. The van der Waals surface area contributed by atoms with Gasteiger partial charge in [-0.2, -0.15) is 31.4 Å². The van der Waals surface area contributed by atoms with Gasteiger partial charge in [-0.1, -0.05) is 35.9 Å². The first-order valence-corrected chi connectivity index (χ1v) is 14.1. The Labute approximate surface area is 250 Å². The molecule has 224 valence electrons. The first-order chi connectivity index (χ1) is 20.7. The summed E-state index contributed by atoms with van der Waals surface area (Å²) in [5.74, 6) is -2.12. The van der Waals surface area contributed by atoms with Crippen molar-refractivity contribution in [2.24, 2.45) is 5.73 Å². The number of primary amides is 1. The first-order valence-electron chi connectivity index (χ1n) is 12.5. The van der Waals surface area contributed by atoms with Crippen LogP contribution in [0.4, 0.5) is 32.0 Å². The van der Waals surface area contributed by atoms with Gasteiger partial charge in [0.25, 0.3) is 11.8 Å². The van der Waals surface area contributed by atoms with Crippen molar-refractivity contribution in [1.82, 2.24) is 19.6 Å². The van der Waals surface area contributed by atoms with E-state index in [1.807, 2.05) is 0 Å². The Bertz CT molecular complexity index is 2080. The van der Waals surface area contributed by atoms with Gasteiger partial charge in [0.1, 0.15) is 15.4 Å². The highest BCUT2D eigenvalue weighted by atomic mass is 32.1. The third kappa shape index (κ3) is 5.26. The molecule has 0 aliphatic carbocycles. The van der Waals surface area contributed by atoms with Crippen LogP contribution in [-0.2, 0) is 12.4 Å². The minimum atomic E-state index is -4.86. The molecule has 0 spiro atoms. The average Bonchev–Trinajstić information content (AvgIpc) is 3.70. The van der Waals surface area contributed by atoms with Gasteiger partial charge in [-0.3, -0.25) is 9.59 Å². The normalized spacial score (nSPS) is 12.2. The van der Waals surface area contributed by atoms with Crippen molar-refractivity contribution in [3.05, 3.63) is 87.5 Å². The third-order valence-electron chi connectivity index (χ3n) is 6.50. The zero-order valence-electron chi connectivity index (χ0n) is 22.0. The van der Waals surface area contributed by atoms with Gasteiger partial charge in [0.2, 0.25) is 0 Å². The van der Waals surface area contributed by atoms with E-state index in [1.54, 1.807) is 48.7 Å². The number of aryl methyl sites for hydroxylation is 1. The van der Waals surface area contributed by atoms with Gasteiger partial charge in [0.15, 0.2) is 17.0 Å². The number of alkyl halides is 6. The highest BCUT2D eigenvalue weighted by Crippen LogP contribution is 2.44. The van der Waals surface area contributed by atoms with E-state index in [-0.39, 0.29) is 37.7 Å². The molecule has 0 unspecified atom stereocenters. The van der Waals surface area contributed by atoms with Crippen molar-refractivity contribution >= 4 is 56.0 Å². The Kier molecular flexibility index (Phi) is 6.92. The van der Waals surface area contributed by atoms with Crippen molar-refractivity contribution in [3.63, 3.8) is 0 Å². The summed E-state index contributed by atoms with van der Waals surface area (Å²) in [4.78, 5) is 33.7. The molecular weight excluding hydrogens is 630 g/mol. The van der Waals surface area contributed by atoms with Gasteiger partial charge in [0, 0.05) is 11.5 Å². The fourth-order valence-corrected chi connectivity index (χ4v) is 6.21. The van der Waals surface area contributed by atoms with Crippen LogP contribution >= 0.6 is 22.7 Å². The summed E-state index contributed by atoms with van der Waals surface area (Å²) in [6.07, 6.45) is -9.70. The van der Waals surface area contributed by atoms with Crippen LogP contribution in [0.25, 0.3) is 37.6 Å². The smallest absolute Gasteiger partial charge is 0.365 e. The molecule has 2 amide bonds. The monoisotopic (exact) mass is 646 g/mol. The molecule has 0 atom stereocenters. The summed E-state index contributed by atoms with van der Waals surface area (Å²) in [5.41, 5.74) is 3.24. The Morgan fingerprint density at radius 3 is 2.30 bits per heavy atom. The van der Waals surface area contributed by atoms with Gasteiger partial charge in [0.05, 0.1) is 16.3 Å². The molecule has 5 aromatic heterocycles. The Morgan fingerprint density at radius 1 is 0.955 bits per heavy atom. The molecule has 6 rings (SSSR count). The van der Waals surface area contributed by atoms with E-state index in [4.69, 9.17) is 5.73 Å². The minimum Gasteiger partial charge on any atom is -0.365 e. The number of hydrogen-bond acceptors (Lipinski definition) is 7. The van der Waals surface area contributed by atoms with E-state index in [1.165, 1.54) is 11.3 Å². The lowest BCUT2D eigenvalue weighted by molar-refractivity contribution is -0.143. The first kappa shape index (κ1) is 29.3. The van der Waals surface area contributed by atoms with Crippen LogP contribution < -0.4 is 11.1 Å². The number of thiophene rings is 2. The van der Waals surface area contributed by atoms with E-state index in [0.717, 1.165) is 23.8 Å². The van der Waals surface area contributed by atoms with Gasteiger partial charge in [-0.05, 0) is 41.6 Å². The number of halogens is 6. The van der Waals surface area contributed by atoms with E-state index in [9.17, 15) is 35.9 Å². The number of nitrogens with zero attached hydrogens (tertiary/aromatic N) is 4. The van der Waals surface area contributed by atoms with Gasteiger partial charge in [-0.15, -0.1) is 22.7 Å². The minimum absolute atomic E-state index is 0.00186. The quantitative estimate of drug-likeness (QED) is 0.189. The summed E-state index contributed by atoms with van der Waals surface area (Å²) in [6, 6.07) is 12.3. The van der Waals surface area contributed by atoms with Crippen LogP contribution in [0.1, 0.15) is 37.1 Å². The zero-order chi connectivity index (χ0) is 31.6. The molecule has 0 radical (unpaired) electrons. The number of aromatic nitrogens is 4. The molecule has 0 fully saturated rings. The second kappa shape index (κ2) is 10.4. The predicted molar refractivity (Wildman–Crippen MR) is 153 cm³/mol. The SMILES string of the molecule is Cc1ccc(-c2cc(C(F)(F)F)nc3sc(C(N)=O)c(NC(=O)c4cc5nc(-c6cccs6)cc(C(F)(F)F)n5n4)c23)cc1. The second-order valence-electron chi connectivity index (χ2n) is 9.52. The Morgan fingerprint density at radius 2 is 1.68 bits per heavy atom. The summed E-state index contributed by atoms with van der Waals surface area (Å²) in [5, 5.41) is 7.92. The number of hydrogen-bond donors (Lipinski definition) is 2. The van der Waals surface area contributed by atoms with E-state index in [2.05, 4.69) is 20.4 Å². The Hall–Kier alpha value is -4.83. The lowest BCUT2D eigenvalue weighted by Gasteiger charge is -2.12. The average molecular weight is 647 g/mol. The van der Waals surface area contributed by atoms with Crippen molar-refractivity contribution in [2.45, 2.75) is 19.3 Å². The number of benzene rings is 1. The number of nitrogens with one attached hydrogen (secondary N) is 1. The molecule has 0 aliphatic heterocycles. The molecule has 8 nitrogen and oxygen atoms in total. The van der Waals surface area contributed by atoms with E-state index < -0.39 is 41.2 Å². The van der Waals surface area contributed by atoms with Crippen LogP contribution in [-0.4, -0.2) is 31.4 Å². The number of anilines is 1. The molecule has 0 saturated carbocycles. The van der Waals surface area contributed by atoms with Gasteiger partial charge in [-0.25, -0.2) is 14.5 Å². The highest BCUT2D eigenvalue weighted by molar-refractivity contribution is 7.21. The maximum Gasteiger partial charge on any atom is 0.433 e.